The smallest absolute Gasteiger partial charge is 0.339 e. The molecule has 0 spiro atoms. The van der Waals surface area contributed by atoms with E-state index in [9.17, 15) is 84.6 Å². The SMILES string of the molecule is CCOc1cccc(-c2cc(F)c(Nc3ncc(C)cc3C(=O)O)c(F)c2)c1.CCOc1cccc(-c2cc(F)c(Nc3ncc(C4CC4)cc3C(=O)O)c(F)c2)c1.CCOc1cccc(-c2cc(F)c(Nc3ncccc3C(=O)O)cc2C)c1.COc1cccc(-c2cc(F)c(Nc3ncc(C)cc3C(=O)O)c(F)c2)c1.COc1cccc(-c2cc(F)c(Nc3ncccc3C(=O)O)cc2C)c1. The van der Waals surface area contributed by atoms with Crippen molar-refractivity contribution in [2.75, 3.05) is 60.6 Å². The molecule has 16 rings (SSSR count). The van der Waals surface area contributed by atoms with Crippen molar-refractivity contribution in [3.05, 3.63) is 358 Å². The van der Waals surface area contributed by atoms with Crippen LogP contribution in [0.3, 0.4) is 0 Å². The van der Waals surface area contributed by atoms with Crippen molar-refractivity contribution < 1.29 is 108 Å². The number of aryl methyl sites for hydroxylation is 4. The Hall–Kier alpha value is -17.3. The normalized spacial score (nSPS) is 11.1. The summed E-state index contributed by atoms with van der Waals surface area (Å²) in [6.45, 7) is 14.2. The summed E-state index contributed by atoms with van der Waals surface area (Å²) in [5.41, 5.74) is 8.04. The number of halogens is 8. The summed E-state index contributed by atoms with van der Waals surface area (Å²) in [6, 6.07) is 58.7. The number of hydrogen-bond acceptors (Lipinski definition) is 20. The summed E-state index contributed by atoms with van der Waals surface area (Å²) >= 11 is 0. The van der Waals surface area contributed by atoms with Gasteiger partial charge < -0.3 is 75.8 Å². The minimum atomic E-state index is -1.25. The van der Waals surface area contributed by atoms with Gasteiger partial charge in [0.2, 0.25) is 0 Å². The second kappa shape index (κ2) is 45.9. The fourth-order valence-corrected chi connectivity index (χ4v) is 14.1. The maximum Gasteiger partial charge on any atom is 0.339 e. The number of nitrogens with one attached hydrogen (secondary N) is 5. The van der Waals surface area contributed by atoms with Crippen LogP contribution in [0.5, 0.6) is 28.7 Å². The van der Waals surface area contributed by atoms with Crippen LogP contribution in [-0.2, 0) is 0 Å². The molecule has 1 aliphatic rings. The van der Waals surface area contributed by atoms with Gasteiger partial charge in [0.15, 0.2) is 0 Å². The van der Waals surface area contributed by atoms with E-state index in [-0.39, 0.29) is 68.3 Å². The van der Waals surface area contributed by atoms with Gasteiger partial charge in [0.25, 0.3) is 0 Å². The average molecular weight is 1880 g/mol. The molecule has 1 aliphatic carbocycles. The lowest BCUT2D eigenvalue weighted by molar-refractivity contribution is 0.0686. The Kier molecular flexibility index (Phi) is 33.2. The van der Waals surface area contributed by atoms with Crippen LogP contribution in [-0.4, -0.2) is 114 Å². The Bertz CT molecular complexity index is 6980. The second-order valence-corrected chi connectivity index (χ2v) is 30.8. The van der Waals surface area contributed by atoms with Gasteiger partial charge in [0.05, 0.1) is 45.4 Å². The molecule has 1 saturated carbocycles. The maximum atomic E-state index is 14.8. The Labute approximate surface area is 786 Å². The third-order valence-electron chi connectivity index (χ3n) is 21.0. The topological polar surface area (TPSA) is 357 Å². The molecule has 706 valence electrons. The van der Waals surface area contributed by atoms with Crippen molar-refractivity contribution in [1.82, 2.24) is 24.9 Å². The molecule has 10 aromatic carbocycles. The van der Waals surface area contributed by atoms with Crippen molar-refractivity contribution in [2.45, 2.75) is 67.2 Å². The minimum absolute atomic E-state index is 0.0250. The fourth-order valence-electron chi connectivity index (χ4n) is 14.1. The highest BCUT2D eigenvalue weighted by atomic mass is 19.2. The number of benzene rings is 10. The maximum absolute atomic E-state index is 14.8. The lowest BCUT2D eigenvalue weighted by atomic mass is 9.99. The number of aromatic nitrogens is 5. The van der Waals surface area contributed by atoms with Crippen LogP contribution in [0.1, 0.15) is 119 Å². The highest BCUT2D eigenvalue weighted by Crippen LogP contribution is 2.43. The number of ether oxygens (including phenoxy) is 5. The number of carbonyl (C=O) groups is 5. The number of hydrogen-bond donors (Lipinski definition) is 10. The molecule has 0 radical (unpaired) electrons. The molecule has 5 aromatic heterocycles. The van der Waals surface area contributed by atoms with Gasteiger partial charge in [0, 0.05) is 31.0 Å². The van der Waals surface area contributed by atoms with Crippen LogP contribution < -0.4 is 50.3 Å². The van der Waals surface area contributed by atoms with Gasteiger partial charge in [-0.3, -0.25) is 0 Å². The lowest BCUT2D eigenvalue weighted by Gasteiger charge is -2.14. The Balaban J connectivity index is 0.000000155. The summed E-state index contributed by atoms with van der Waals surface area (Å²) in [5, 5.41) is 59.5. The van der Waals surface area contributed by atoms with Crippen molar-refractivity contribution in [3.8, 4) is 84.4 Å². The summed E-state index contributed by atoms with van der Waals surface area (Å²) in [7, 11) is 3.08. The molecule has 0 aliphatic heterocycles. The number of pyridine rings is 5. The lowest BCUT2D eigenvalue weighted by Crippen LogP contribution is -2.08. The van der Waals surface area contributed by atoms with E-state index in [4.69, 9.17) is 23.7 Å². The van der Waals surface area contributed by atoms with E-state index in [1.54, 1.807) is 112 Å². The molecule has 0 bridgehead atoms. The molecule has 0 saturated heterocycles. The van der Waals surface area contributed by atoms with E-state index in [0.717, 1.165) is 69.7 Å². The zero-order valence-corrected chi connectivity index (χ0v) is 75.4. The van der Waals surface area contributed by atoms with Gasteiger partial charge in [-0.1, -0.05) is 60.7 Å². The summed E-state index contributed by atoms with van der Waals surface area (Å²) in [5.74, 6) is -8.87. The highest BCUT2D eigenvalue weighted by Gasteiger charge is 2.28. The van der Waals surface area contributed by atoms with Crippen LogP contribution >= 0.6 is 0 Å². The van der Waals surface area contributed by atoms with E-state index in [2.05, 4.69) is 51.5 Å². The van der Waals surface area contributed by atoms with E-state index in [1.807, 2.05) is 83.1 Å². The number of carboxylic acids is 5. The zero-order chi connectivity index (χ0) is 99.1. The highest BCUT2D eigenvalue weighted by molar-refractivity contribution is 5.98. The van der Waals surface area contributed by atoms with Gasteiger partial charge in [-0.25, -0.2) is 84.0 Å². The van der Waals surface area contributed by atoms with Crippen molar-refractivity contribution in [3.63, 3.8) is 0 Å². The first-order valence-electron chi connectivity index (χ1n) is 42.6. The molecule has 10 N–H and O–H groups in total. The number of carboxylic acid groups (broad SMARTS) is 5. The van der Waals surface area contributed by atoms with Crippen LogP contribution in [0.4, 0.5) is 92.6 Å². The minimum Gasteiger partial charge on any atom is -0.497 e. The number of methoxy groups -OCH3 is 2. The number of rotatable bonds is 29. The Morgan fingerprint density at radius 1 is 0.312 bits per heavy atom. The molecule has 15 aromatic rings. The summed E-state index contributed by atoms with van der Waals surface area (Å²) in [4.78, 5) is 76.9. The largest absolute Gasteiger partial charge is 0.497 e. The standard InChI is InChI=1S/C23H20F2N2O3.C21H18F2N2O3.C21H19FN2O3.C20H16F2N2O3.C20H17FN2O3/c1-2-30-17-5-3-4-14(8-17)15-10-19(24)21(20(25)11-15)27-22-18(23(28)29)9-16(12-26-22)13-6-7-13;1-3-28-15-6-4-5-13(8-15)14-9-17(22)19(18(23)10-14)25-20-16(21(26)27)7-12(2)11-24-20;1-3-27-15-7-4-6-14(11-15)17-12-18(22)19(10-13(17)2)24-20-16(21(25)26)8-5-9-23-20;1-11-6-15(20(25)26)19(23-10-11)24-18-16(21)8-13(9-17(18)22)12-4-3-5-14(7-12)27-2;1-12-9-18(23-19-15(20(24)25)7-4-8-22-19)17(21)11-16(12)13-5-3-6-14(10-13)26-2/h3-5,8-13H,2,6-7H2,1H3,(H,26,27)(H,28,29);4-11H,3H2,1-2H3,(H,24,25)(H,26,27);4-12H,3H2,1-2H3,(H,23,24)(H,25,26);3-10H,1-2H3,(H,23,24)(H,25,26);3-11H,1-2H3,(H,22,23)(H,24,25). The van der Waals surface area contributed by atoms with Crippen molar-refractivity contribution >= 4 is 87.4 Å². The first kappa shape index (κ1) is 99.7. The molecule has 1 fully saturated rings. The van der Waals surface area contributed by atoms with E-state index in [1.165, 1.54) is 111 Å². The number of nitrogens with zero attached hydrogens (tertiary/aromatic N) is 5. The molecular weight excluding hydrogens is 1790 g/mol. The van der Waals surface area contributed by atoms with Crippen LogP contribution in [0.2, 0.25) is 0 Å². The van der Waals surface area contributed by atoms with Gasteiger partial charge in [-0.05, 0) is 314 Å². The molecule has 25 nitrogen and oxygen atoms in total. The Morgan fingerprint density at radius 2 is 0.601 bits per heavy atom. The molecular formula is C105H90F8N10O15. The predicted molar refractivity (Wildman–Crippen MR) is 509 cm³/mol. The van der Waals surface area contributed by atoms with E-state index >= 15 is 0 Å². The third-order valence-corrected chi connectivity index (χ3v) is 21.0. The number of anilines is 10. The fraction of sp³-hybridized carbons (Fsp3) is 0.143. The molecule has 0 unspecified atom stereocenters. The van der Waals surface area contributed by atoms with Crippen LogP contribution in [0.15, 0.2) is 255 Å². The summed E-state index contributed by atoms with van der Waals surface area (Å²) < 4.78 is 144. The van der Waals surface area contributed by atoms with Crippen LogP contribution in [0.25, 0.3) is 55.6 Å². The molecule has 0 atom stereocenters. The molecule has 0 amide bonds. The zero-order valence-electron chi connectivity index (χ0n) is 75.4. The second-order valence-electron chi connectivity index (χ2n) is 30.8. The molecule has 5 heterocycles. The van der Waals surface area contributed by atoms with E-state index in [0.29, 0.717) is 93.2 Å². The first-order chi connectivity index (χ1) is 66.2. The van der Waals surface area contributed by atoms with Gasteiger partial charge >= 0.3 is 29.8 Å². The average Bonchev–Trinajstić information content (AvgIpc) is 1.29. The van der Waals surface area contributed by atoms with Gasteiger partial charge in [-0.15, -0.1) is 0 Å². The van der Waals surface area contributed by atoms with Gasteiger partial charge in [0.1, 0.15) is 149 Å². The molecule has 138 heavy (non-hydrogen) atoms. The monoisotopic (exact) mass is 1880 g/mol. The quantitative estimate of drug-likeness (QED) is 0.0195. The number of aromatic carboxylic acids is 5. The van der Waals surface area contributed by atoms with Gasteiger partial charge in [-0.2, -0.15) is 0 Å². The molecule has 33 heteroatoms. The summed E-state index contributed by atoms with van der Waals surface area (Å²) in [6.07, 6.45) is 9.26. The van der Waals surface area contributed by atoms with Crippen molar-refractivity contribution in [2.24, 2.45) is 0 Å². The first-order valence-corrected chi connectivity index (χ1v) is 42.6. The van der Waals surface area contributed by atoms with Crippen LogP contribution in [0, 0.1) is 74.2 Å². The Morgan fingerprint density at radius 3 is 0.920 bits per heavy atom. The van der Waals surface area contributed by atoms with Crippen molar-refractivity contribution in [1.29, 1.82) is 0 Å². The predicted octanol–water partition coefficient (Wildman–Crippen LogP) is 25.4. The van der Waals surface area contributed by atoms with E-state index < -0.39 is 93.4 Å². The third kappa shape index (κ3) is 25.6.